The SMILES string of the molecule is C=CC(=O)N1CCN(c2nc(OCC3CCCN3C)nc3c2CN(C(=O)Nc2cccc4ccccc24)C3)CC1CC#N. The van der Waals surface area contributed by atoms with Gasteiger partial charge in [-0.05, 0) is 44.0 Å². The molecule has 1 N–H and O–H groups in total. The maximum Gasteiger partial charge on any atom is 0.322 e. The van der Waals surface area contributed by atoms with Crippen LogP contribution in [0.15, 0.2) is 55.1 Å². The minimum Gasteiger partial charge on any atom is -0.462 e. The predicted octanol–water partition coefficient (Wildman–Crippen LogP) is 3.77. The van der Waals surface area contributed by atoms with Gasteiger partial charge < -0.3 is 29.7 Å². The third kappa shape index (κ3) is 5.83. The smallest absolute Gasteiger partial charge is 0.322 e. The van der Waals surface area contributed by atoms with Crippen molar-refractivity contribution in [1.82, 2.24) is 24.7 Å². The first kappa shape index (κ1) is 28.4. The summed E-state index contributed by atoms with van der Waals surface area (Å²) in [7, 11) is 2.10. The molecular formula is C32H36N8O3. The number of hydrogen-bond acceptors (Lipinski definition) is 8. The Labute approximate surface area is 251 Å². The van der Waals surface area contributed by atoms with Crippen molar-refractivity contribution in [3.05, 3.63) is 66.4 Å². The Balaban J connectivity index is 1.26. The van der Waals surface area contributed by atoms with Crippen LogP contribution in [0.2, 0.25) is 0 Å². The zero-order valence-corrected chi connectivity index (χ0v) is 24.4. The summed E-state index contributed by atoms with van der Waals surface area (Å²) in [5.41, 5.74) is 2.35. The molecule has 2 atom stereocenters. The fourth-order valence-corrected chi connectivity index (χ4v) is 6.31. The average molecular weight is 581 g/mol. The molecule has 0 saturated carbocycles. The van der Waals surface area contributed by atoms with E-state index >= 15 is 0 Å². The molecule has 2 aromatic carbocycles. The largest absolute Gasteiger partial charge is 0.462 e. The fraction of sp³-hybridized carbons (Fsp3) is 0.406. The number of likely N-dealkylation sites (tertiary alicyclic amines) is 1. The lowest BCUT2D eigenvalue weighted by molar-refractivity contribution is -0.128. The van der Waals surface area contributed by atoms with E-state index in [1.807, 2.05) is 42.5 Å². The van der Waals surface area contributed by atoms with Crippen molar-refractivity contribution in [2.45, 2.75) is 44.4 Å². The van der Waals surface area contributed by atoms with Crippen molar-refractivity contribution < 1.29 is 14.3 Å². The Morgan fingerprint density at radius 3 is 2.74 bits per heavy atom. The standard InChI is InChI=1S/C32H36N8O3/c1-3-29(41)40-17-16-38(18-23(40)13-14-33)30-26-19-39(32(42)35-27-12-6-9-22-8-4-5-11-25(22)27)20-28(26)34-31(36-30)43-21-24-10-7-15-37(24)2/h3-6,8-9,11-12,23-24H,1,7,10,13,15-21H2,2H3,(H,35,42). The number of likely N-dealkylation sites (N-methyl/N-ethyl adjacent to an activating group) is 1. The number of anilines is 2. The van der Waals surface area contributed by atoms with E-state index in [1.165, 1.54) is 6.08 Å². The molecule has 1 aromatic heterocycles. The molecule has 0 radical (unpaired) electrons. The highest BCUT2D eigenvalue weighted by molar-refractivity contribution is 6.01. The highest BCUT2D eigenvalue weighted by Crippen LogP contribution is 2.34. The minimum absolute atomic E-state index is 0.186. The third-order valence-electron chi connectivity index (χ3n) is 8.70. The number of urea groups is 1. The Kier molecular flexibility index (Phi) is 8.11. The molecule has 0 bridgehead atoms. The number of carbonyl (C=O) groups excluding carboxylic acids is 2. The number of amides is 3. The van der Waals surface area contributed by atoms with Crippen LogP contribution >= 0.6 is 0 Å². The van der Waals surface area contributed by atoms with Crippen LogP contribution in [0.1, 0.15) is 30.5 Å². The molecule has 3 aliphatic rings. The molecule has 222 valence electrons. The second kappa shape index (κ2) is 12.3. The van der Waals surface area contributed by atoms with Gasteiger partial charge >= 0.3 is 12.0 Å². The monoisotopic (exact) mass is 580 g/mol. The fourth-order valence-electron chi connectivity index (χ4n) is 6.31. The van der Waals surface area contributed by atoms with Crippen LogP contribution in [0.3, 0.4) is 0 Å². The zero-order valence-electron chi connectivity index (χ0n) is 24.4. The molecule has 43 heavy (non-hydrogen) atoms. The molecule has 2 saturated heterocycles. The van der Waals surface area contributed by atoms with Gasteiger partial charge in [0, 0.05) is 36.6 Å². The average Bonchev–Trinajstić information content (AvgIpc) is 3.65. The van der Waals surface area contributed by atoms with Gasteiger partial charge in [-0.1, -0.05) is 43.0 Å². The van der Waals surface area contributed by atoms with Gasteiger partial charge in [0.25, 0.3) is 0 Å². The van der Waals surface area contributed by atoms with E-state index in [0.29, 0.717) is 51.2 Å². The molecule has 11 nitrogen and oxygen atoms in total. The van der Waals surface area contributed by atoms with E-state index in [1.54, 1.807) is 9.80 Å². The summed E-state index contributed by atoms with van der Waals surface area (Å²) in [6.45, 7) is 7.20. The van der Waals surface area contributed by atoms with Crippen molar-refractivity contribution in [2.75, 3.05) is 50.1 Å². The Morgan fingerprint density at radius 1 is 1.12 bits per heavy atom. The van der Waals surface area contributed by atoms with Crippen molar-refractivity contribution >= 4 is 34.2 Å². The molecule has 3 aliphatic heterocycles. The molecule has 2 fully saturated rings. The van der Waals surface area contributed by atoms with Gasteiger partial charge in [0.15, 0.2) is 0 Å². The molecule has 2 unspecified atom stereocenters. The highest BCUT2D eigenvalue weighted by Gasteiger charge is 2.35. The van der Waals surface area contributed by atoms with Gasteiger partial charge in [0.2, 0.25) is 5.91 Å². The van der Waals surface area contributed by atoms with Crippen LogP contribution < -0.4 is 15.0 Å². The predicted molar refractivity (Wildman–Crippen MR) is 164 cm³/mol. The number of piperazine rings is 1. The van der Waals surface area contributed by atoms with Gasteiger partial charge in [-0.2, -0.15) is 15.2 Å². The molecule has 3 aromatic rings. The summed E-state index contributed by atoms with van der Waals surface area (Å²) in [6.07, 6.45) is 3.68. The van der Waals surface area contributed by atoms with Gasteiger partial charge in [-0.15, -0.1) is 0 Å². The second-order valence-corrected chi connectivity index (χ2v) is 11.4. The molecule has 3 amide bonds. The number of aromatic nitrogens is 2. The topological polar surface area (TPSA) is 118 Å². The summed E-state index contributed by atoms with van der Waals surface area (Å²) in [5.74, 6) is 0.502. The number of nitrogens with zero attached hydrogens (tertiary/aromatic N) is 7. The number of benzene rings is 2. The van der Waals surface area contributed by atoms with E-state index in [-0.39, 0.29) is 30.4 Å². The highest BCUT2D eigenvalue weighted by atomic mass is 16.5. The van der Waals surface area contributed by atoms with E-state index in [0.717, 1.165) is 47.1 Å². The Bertz CT molecular complexity index is 1580. The van der Waals surface area contributed by atoms with Crippen LogP contribution in [0, 0.1) is 11.3 Å². The molecule has 11 heteroatoms. The number of nitrogens with one attached hydrogen (secondary N) is 1. The number of hydrogen-bond donors (Lipinski definition) is 1. The molecule has 0 aliphatic carbocycles. The number of nitriles is 1. The molecule has 6 rings (SSSR count). The minimum atomic E-state index is -0.307. The normalized spacial score (nSPS) is 20.1. The van der Waals surface area contributed by atoms with Gasteiger partial charge in [-0.3, -0.25) is 4.79 Å². The first-order chi connectivity index (χ1) is 20.9. The van der Waals surface area contributed by atoms with E-state index in [4.69, 9.17) is 14.7 Å². The molecule has 0 spiro atoms. The Hall–Kier alpha value is -4.69. The lowest BCUT2D eigenvalue weighted by Gasteiger charge is -2.41. The van der Waals surface area contributed by atoms with E-state index < -0.39 is 0 Å². The first-order valence-corrected chi connectivity index (χ1v) is 14.8. The second-order valence-electron chi connectivity index (χ2n) is 11.4. The Morgan fingerprint density at radius 2 is 1.95 bits per heavy atom. The zero-order chi connectivity index (χ0) is 29.9. The number of fused-ring (bicyclic) bond motifs is 2. The van der Waals surface area contributed by atoms with Crippen molar-refractivity contribution in [3.8, 4) is 12.1 Å². The van der Waals surface area contributed by atoms with Crippen LogP contribution in [-0.2, 0) is 17.9 Å². The van der Waals surface area contributed by atoms with Crippen LogP contribution in [0.25, 0.3) is 10.8 Å². The summed E-state index contributed by atoms with van der Waals surface area (Å²) < 4.78 is 6.17. The van der Waals surface area contributed by atoms with Crippen molar-refractivity contribution in [2.24, 2.45) is 0 Å². The number of rotatable bonds is 7. The maximum atomic E-state index is 13.6. The maximum absolute atomic E-state index is 13.6. The van der Waals surface area contributed by atoms with Gasteiger partial charge in [0.1, 0.15) is 12.4 Å². The van der Waals surface area contributed by atoms with E-state index in [2.05, 4.69) is 34.8 Å². The summed E-state index contributed by atoms with van der Waals surface area (Å²) >= 11 is 0. The lowest BCUT2D eigenvalue weighted by Crippen LogP contribution is -2.55. The van der Waals surface area contributed by atoms with Gasteiger partial charge in [-0.25, -0.2) is 4.79 Å². The van der Waals surface area contributed by atoms with Gasteiger partial charge in [0.05, 0.1) is 43.0 Å². The molecule has 4 heterocycles. The van der Waals surface area contributed by atoms with Crippen molar-refractivity contribution in [1.29, 1.82) is 5.26 Å². The summed E-state index contributed by atoms with van der Waals surface area (Å²) in [4.78, 5) is 43.5. The quantitative estimate of drug-likeness (QED) is 0.420. The van der Waals surface area contributed by atoms with E-state index in [9.17, 15) is 14.9 Å². The number of carbonyl (C=O) groups is 2. The lowest BCUT2D eigenvalue weighted by atomic mass is 10.1. The third-order valence-corrected chi connectivity index (χ3v) is 8.70. The first-order valence-electron chi connectivity index (χ1n) is 14.8. The summed E-state index contributed by atoms with van der Waals surface area (Å²) in [5, 5.41) is 14.6. The molecular weight excluding hydrogens is 544 g/mol. The number of ether oxygens (including phenoxy) is 1. The van der Waals surface area contributed by atoms with Crippen LogP contribution in [0.5, 0.6) is 6.01 Å². The van der Waals surface area contributed by atoms with Crippen LogP contribution in [0.4, 0.5) is 16.3 Å². The van der Waals surface area contributed by atoms with Crippen LogP contribution in [-0.4, -0.2) is 88.5 Å². The van der Waals surface area contributed by atoms with Crippen molar-refractivity contribution in [3.63, 3.8) is 0 Å². The summed E-state index contributed by atoms with van der Waals surface area (Å²) in [6, 6.07) is 16.1.